The van der Waals surface area contributed by atoms with Crippen LogP contribution in [0.2, 0.25) is 0 Å². The lowest BCUT2D eigenvalue weighted by atomic mass is 10.1. The number of hydrogen-bond acceptors (Lipinski definition) is 6. The fourth-order valence-corrected chi connectivity index (χ4v) is 2.78. The molecule has 0 saturated carbocycles. The zero-order chi connectivity index (χ0) is 15.4. The molecule has 0 aliphatic rings. The van der Waals surface area contributed by atoms with Gasteiger partial charge in [-0.1, -0.05) is 44.6 Å². The number of thioether (sulfide) groups is 1. The Hall–Kier alpha value is -1.05. The predicted octanol–water partition coefficient (Wildman–Crippen LogP) is 3.22. The van der Waals surface area contributed by atoms with Crippen LogP contribution in [0, 0.1) is 5.92 Å². The van der Waals surface area contributed by atoms with Gasteiger partial charge in [0.1, 0.15) is 11.6 Å². The number of halogens is 1. The third kappa shape index (κ3) is 4.72. The van der Waals surface area contributed by atoms with Crippen LogP contribution in [-0.2, 0) is 18.8 Å². The van der Waals surface area contributed by atoms with E-state index >= 15 is 0 Å². The summed E-state index contributed by atoms with van der Waals surface area (Å²) in [6.07, 6.45) is 0. The van der Waals surface area contributed by atoms with Crippen LogP contribution in [0.5, 0.6) is 0 Å². The van der Waals surface area contributed by atoms with Gasteiger partial charge in [-0.2, -0.15) is 0 Å². The van der Waals surface area contributed by atoms with Crippen molar-refractivity contribution >= 4 is 24.2 Å². The van der Waals surface area contributed by atoms with Gasteiger partial charge in [0.15, 0.2) is 5.16 Å². The zero-order valence-corrected chi connectivity index (χ0v) is 15.1. The minimum atomic E-state index is 0. The quantitative estimate of drug-likeness (QED) is 0.776. The predicted molar refractivity (Wildman–Crippen MR) is 90.2 cm³/mol. The maximum atomic E-state index is 5.72. The molecule has 0 radical (unpaired) electrons. The highest BCUT2D eigenvalue weighted by Gasteiger charge is 2.14. The molecule has 6 nitrogen and oxygen atoms in total. The first-order valence-corrected chi connectivity index (χ1v) is 8.20. The van der Waals surface area contributed by atoms with Gasteiger partial charge in [-0.3, -0.25) is 0 Å². The van der Waals surface area contributed by atoms with E-state index in [4.69, 9.17) is 10.3 Å². The average molecular weight is 346 g/mol. The molecule has 2 heterocycles. The third-order valence-corrected chi connectivity index (χ3v) is 4.02. The minimum Gasteiger partial charge on any atom is -0.361 e. The van der Waals surface area contributed by atoms with E-state index in [0.29, 0.717) is 18.4 Å². The maximum absolute atomic E-state index is 5.72. The summed E-state index contributed by atoms with van der Waals surface area (Å²) in [6.45, 7) is 9.79. The van der Waals surface area contributed by atoms with E-state index in [0.717, 1.165) is 34.7 Å². The molecular formula is C14H24ClN5OS. The molecular weight excluding hydrogens is 322 g/mol. The highest BCUT2D eigenvalue weighted by molar-refractivity contribution is 7.98. The van der Waals surface area contributed by atoms with Crippen molar-refractivity contribution in [1.82, 2.24) is 19.9 Å². The normalized spacial score (nSPS) is 11.2. The Morgan fingerprint density at radius 3 is 2.55 bits per heavy atom. The molecule has 2 rings (SSSR count). The zero-order valence-electron chi connectivity index (χ0n) is 13.4. The molecule has 8 heteroatoms. The highest BCUT2D eigenvalue weighted by Crippen LogP contribution is 2.24. The number of hydrogen-bond donors (Lipinski definition) is 1. The van der Waals surface area contributed by atoms with E-state index in [1.54, 1.807) is 11.8 Å². The van der Waals surface area contributed by atoms with Gasteiger partial charge in [0, 0.05) is 24.3 Å². The molecule has 0 bridgehead atoms. The van der Waals surface area contributed by atoms with E-state index in [1.807, 2.05) is 6.07 Å². The van der Waals surface area contributed by atoms with Gasteiger partial charge in [-0.25, -0.2) is 0 Å². The summed E-state index contributed by atoms with van der Waals surface area (Å²) in [5.74, 6) is 3.33. The van der Waals surface area contributed by atoms with Crippen LogP contribution in [0.1, 0.15) is 50.9 Å². The summed E-state index contributed by atoms with van der Waals surface area (Å²) >= 11 is 1.61. The van der Waals surface area contributed by atoms with Crippen molar-refractivity contribution in [2.24, 2.45) is 11.7 Å². The van der Waals surface area contributed by atoms with Crippen LogP contribution in [0.3, 0.4) is 0 Å². The van der Waals surface area contributed by atoms with Crippen LogP contribution < -0.4 is 5.73 Å². The Morgan fingerprint density at radius 2 is 2.00 bits per heavy atom. The first-order valence-electron chi connectivity index (χ1n) is 7.21. The Bertz CT molecular complexity index is 582. The van der Waals surface area contributed by atoms with Crippen molar-refractivity contribution in [3.05, 3.63) is 23.3 Å². The molecule has 0 aromatic carbocycles. The molecule has 0 spiro atoms. The molecule has 0 aliphatic heterocycles. The van der Waals surface area contributed by atoms with E-state index < -0.39 is 0 Å². The second kappa shape index (κ2) is 8.55. The molecule has 2 N–H and O–H groups in total. The monoisotopic (exact) mass is 345 g/mol. The molecule has 0 saturated heterocycles. The largest absolute Gasteiger partial charge is 0.361 e. The molecule has 0 unspecified atom stereocenters. The number of nitrogens with zero attached hydrogens (tertiary/aromatic N) is 4. The lowest BCUT2D eigenvalue weighted by Gasteiger charge is -2.11. The van der Waals surface area contributed by atoms with Crippen LogP contribution in [-0.4, -0.2) is 19.9 Å². The fraction of sp³-hybridized carbons (Fsp3) is 0.643. The molecule has 2 aromatic rings. The van der Waals surface area contributed by atoms with Gasteiger partial charge in [0.25, 0.3) is 0 Å². The van der Waals surface area contributed by atoms with Crippen molar-refractivity contribution in [3.63, 3.8) is 0 Å². The Balaban J connectivity index is 0.00000242. The standard InChI is InChI=1S/C14H23N5OS.ClH/c1-9(2)7-19-13(6-15)16-17-14(19)21-8-11-5-12(10(3)4)20-18-11;/h5,9-10H,6-8,15H2,1-4H3;1H. The number of aromatic nitrogens is 4. The van der Waals surface area contributed by atoms with E-state index in [2.05, 4.69) is 47.6 Å². The maximum Gasteiger partial charge on any atom is 0.191 e. The Morgan fingerprint density at radius 1 is 1.27 bits per heavy atom. The summed E-state index contributed by atoms with van der Waals surface area (Å²) in [7, 11) is 0. The fourth-order valence-electron chi connectivity index (χ4n) is 1.93. The van der Waals surface area contributed by atoms with Gasteiger partial charge in [-0.15, -0.1) is 22.6 Å². The van der Waals surface area contributed by atoms with Crippen molar-refractivity contribution in [3.8, 4) is 0 Å². The van der Waals surface area contributed by atoms with Crippen LogP contribution in [0.15, 0.2) is 15.7 Å². The summed E-state index contributed by atoms with van der Waals surface area (Å²) in [4.78, 5) is 0. The summed E-state index contributed by atoms with van der Waals surface area (Å²) in [5, 5.41) is 13.4. The smallest absolute Gasteiger partial charge is 0.191 e. The molecule has 0 fully saturated rings. The number of rotatable bonds is 7. The molecule has 124 valence electrons. The lowest BCUT2D eigenvalue weighted by molar-refractivity contribution is 0.367. The summed E-state index contributed by atoms with van der Waals surface area (Å²) in [6, 6.07) is 2.00. The van der Waals surface area contributed by atoms with Crippen molar-refractivity contribution in [2.75, 3.05) is 0 Å². The van der Waals surface area contributed by atoms with Gasteiger partial charge in [0.2, 0.25) is 0 Å². The van der Waals surface area contributed by atoms with Gasteiger partial charge in [-0.05, 0) is 5.92 Å². The Labute approximate surface area is 141 Å². The van der Waals surface area contributed by atoms with E-state index in [-0.39, 0.29) is 12.4 Å². The highest BCUT2D eigenvalue weighted by atomic mass is 35.5. The first-order chi connectivity index (χ1) is 10.0. The number of nitrogens with two attached hydrogens (primary N) is 1. The lowest BCUT2D eigenvalue weighted by Crippen LogP contribution is -2.12. The second-order valence-electron chi connectivity index (χ2n) is 5.77. The van der Waals surface area contributed by atoms with Crippen molar-refractivity contribution < 1.29 is 4.52 Å². The van der Waals surface area contributed by atoms with Crippen LogP contribution >= 0.6 is 24.2 Å². The van der Waals surface area contributed by atoms with Crippen LogP contribution in [0.25, 0.3) is 0 Å². The third-order valence-electron chi connectivity index (χ3n) is 3.02. The first kappa shape index (κ1) is 19.0. The molecule has 0 amide bonds. The summed E-state index contributed by atoms with van der Waals surface area (Å²) < 4.78 is 7.41. The Kier molecular flexibility index (Phi) is 7.38. The molecule has 0 aliphatic carbocycles. The molecule has 2 aromatic heterocycles. The van der Waals surface area contributed by atoms with Gasteiger partial charge in [0.05, 0.1) is 12.2 Å². The van der Waals surface area contributed by atoms with E-state index in [1.165, 1.54) is 0 Å². The van der Waals surface area contributed by atoms with Crippen molar-refractivity contribution in [2.45, 2.75) is 57.6 Å². The van der Waals surface area contributed by atoms with Gasteiger partial charge >= 0.3 is 0 Å². The molecule has 0 atom stereocenters. The molecule has 22 heavy (non-hydrogen) atoms. The SMILES string of the molecule is CC(C)Cn1c(CN)nnc1SCc1cc(C(C)C)on1.Cl. The summed E-state index contributed by atoms with van der Waals surface area (Å²) in [5.41, 5.74) is 6.65. The van der Waals surface area contributed by atoms with Crippen molar-refractivity contribution in [1.29, 1.82) is 0 Å². The average Bonchev–Trinajstić information content (AvgIpc) is 3.02. The minimum absolute atomic E-state index is 0. The van der Waals surface area contributed by atoms with E-state index in [9.17, 15) is 0 Å². The topological polar surface area (TPSA) is 82.8 Å². The van der Waals surface area contributed by atoms with Gasteiger partial charge < -0.3 is 14.8 Å². The second-order valence-corrected chi connectivity index (χ2v) is 6.71. The van der Waals surface area contributed by atoms with Crippen LogP contribution in [0.4, 0.5) is 0 Å².